The van der Waals surface area contributed by atoms with E-state index in [1.54, 1.807) is 22.8 Å². The van der Waals surface area contributed by atoms with Gasteiger partial charge in [0.05, 0.1) is 17.3 Å². The summed E-state index contributed by atoms with van der Waals surface area (Å²) in [7, 11) is -2.15. The quantitative estimate of drug-likeness (QED) is 0.424. The lowest BCUT2D eigenvalue weighted by Crippen LogP contribution is -2.51. The number of benzene rings is 1. The van der Waals surface area contributed by atoms with Gasteiger partial charge >= 0.3 is 0 Å². The summed E-state index contributed by atoms with van der Waals surface area (Å²) in [6.45, 7) is 0.735. The van der Waals surface area contributed by atoms with Gasteiger partial charge in [0, 0.05) is 33.2 Å². The lowest BCUT2D eigenvalue weighted by atomic mass is 10.3. The molecule has 2 aromatic heterocycles. The van der Waals surface area contributed by atoms with Crippen molar-refractivity contribution in [3.63, 3.8) is 0 Å². The van der Waals surface area contributed by atoms with Crippen molar-refractivity contribution in [2.45, 2.75) is 9.92 Å². The molecule has 3 aromatic rings. The summed E-state index contributed by atoms with van der Waals surface area (Å²) < 4.78 is 42.1. The van der Waals surface area contributed by atoms with Crippen LogP contribution in [0.5, 0.6) is 0 Å². The molecule has 0 aliphatic carbocycles. The van der Waals surface area contributed by atoms with Crippen molar-refractivity contribution in [2.24, 2.45) is 7.05 Å². The van der Waals surface area contributed by atoms with Gasteiger partial charge < -0.3 is 4.90 Å². The summed E-state index contributed by atoms with van der Waals surface area (Å²) in [4.78, 5) is 22.3. The molecule has 1 saturated heterocycles. The lowest BCUT2D eigenvalue weighted by molar-refractivity contribution is -0.129. The second-order valence-corrected chi connectivity index (χ2v) is 9.56. The minimum absolute atomic E-state index is 0.112. The van der Waals surface area contributed by atoms with Gasteiger partial charge in [0.25, 0.3) is 0 Å². The van der Waals surface area contributed by atoms with Gasteiger partial charge in [-0.3, -0.25) is 9.48 Å². The third kappa shape index (κ3) is 3.89. The van der Waals surface area contributed by atoms with Crippen molar-refractivity contribution >= 4 is 38.7 Å². The third-order valence-corrected chi connectivity index (χ3v) is 7.79. The number of aryl methyl sites for hydroxylation is 1. The fraction of sp³-hybridized carbons (Fsp3) is 0.333. The molecular formula is C18H19FN6O3S2. The molecular weight excluding hydrogens is 431 g/mol. The predicted octanol–water partition coefficient (Wildman–Crippen LogP) is 1.13. The van der Waals surface area contributed by atoms with Gasteiger partial charge in [-0.15, -0.1) is 0 Å². The van der Waals surface area contributed by atoms with Gasteiger partial charge in [-0.25, -0.2) is 22.8 Å². The van der Waals surface area contributed by atoms with Crippen LogP contribution in [0.25, 0.3) is 11.0 Å². The van der Waals surface area contributed by atoms with Crippen molar-refractivity contribution in [1.29, 1.82) is 0 Å². The normalized spacial score (nSPS) is 15.6. The zero-order valence-electron chi connectivity index (χ0n) is 16.1. The molecule has 1 aliphatic heterocycles. The van der Waals surface area contributed by atoms with E-state index in [9.17, 15) is 17.6 Å². The Morgan fingerprint density at radius 3 is 2.63 bits per heavy atom. The smallest absolute Gasteiger partial charge is 0.246 e. The van der Waals surface area contributed by atoms with Crippen molar-refractivity contribution in [3.05, 3.63) is 42.6 Å². The molecule has 3 heterocycles. The lowest BCUT2D eigenvalue weighted by Gasteiger charge is -2.34. The number of carbonyl (C=O) groups is 1. The highest BCUT2D eigenvalue weighted by Crippen LogP contribution is 2.25. The van der Waals surface area contributed by atoms with Gasteiger partial charge in [0.15, 0.2) is 5.65 Å². The molecule has 0 saturated carbocycles. The number of sulfonamides is 1. The molecule has 158 valence electrons. The van der Waals surface area contributed by atoms with Crippen LogP contribution < -0.4 is 0 Å². The molecule has 1 fully saturated rings. The first-order valence-corrected chi connectivity index (χ1v) is 11.6. The number of halogens is 1. The second-order valence-electron chi connectivity index (χ2n) is 6.69. The monoisotopic (exact) mass is 450 g/mol. The van der Waals surface area contributed by atoms with Crippen molar-refractivity contribution in [2.75, 3.05) is 31.9 Å². The number of aromatic nitrogens is 4. The van der Waals surface area contributed by atoms with Crippen LogP contribution in [0.1, 0.15) is 0 Å². The van der Waals surface area contributed by atoms with E-state index in [2.05, 4.69) is 15.1 Å². The molecule has 30 heavy (non-hydrogen) atoms. The first kappa shape index (κ1) is 20.7. The summed E-state index contributed by atoms with van der Waals surface area (Å²) in [5.41, 5.74) is 0.687. The van der Waals surface area contributed by atoms with Crippen LogP contribution >= 0.6 is 11.8 Å². The van der Waals surface area contributed by atoms with E-state index in [0.717, 1.165) is 11.5 Å². The molecule has 1 aliphatic rings. The van der Waals surface area contributed by atoms with Crippen LogP contribution in [0.4, 0.5) is 4.39 Å². The summed E-state index contributed by atoms with van der Waals surface area (Å²) in [6.07, 6.45) is 3.09. The number of nitrogens with zero attached hydrogens (tertiary/aromatic N) is 6. The molecule has 0 atom stereocenters. The number of piperazine rings is 1. The van der Waals surface area contributed by atoms with E-state index in [4.69, 9.17) is 0 Å². The summed E-state index contributed by atoms with van der Waals surface area (Å²) in [6, 6.07) is 5.30. The van der Waals surface area contributed by atoms with Crippen molar-refractivity contribution < 1.29 is 17.6 Å². The maximum Gasteiger partial charge on any atom is 0.246 e. The minimum atomic E-state index is -3.93. The van der Waals surface area contributed by atoms with Crippen molar-refractivity contribution in [3.8, 4) is 0 Å². The molecule has 1 amide bonds. The Bertz CT molecular complexity index is 1190. The predicted molar refractivity (Wildman–Crippen MR) is 109 cm³/mol. The van der Waals surface area contributed by atoms with Crippen LogP contribution in [0.3, 0.4) is 0 Å². The highest BCUT2D eigenvalue weighted by atomic mass is 32.2. The number of fused-ring (bicyclic) bond motifs is 1. The Labute approximate surface area is 176 Å². The third-order valence-electron chi connectivity index (χ3n) is 4.87. The molecule has 0 N–H and O–H groups in total. The first-order valence-electron chi connectivity index (χ1n) is 9.16. The largest absolute Gasteiger partial charge is 0.339 e. The van der Waals surface area contributed by atoms with E-state index in [1.807, 2.05) is 0 Å². The Morgan fingerprint density at radius 1 is 1.17 bits per heavy atom. The molecule has 4 rings (SSSR count). The average molecular weight is 451 g/mol. The highest BCUT2D eigenvalue weighted by molar-refractivity contribution is 8.00. The molecule has 0 bridgehead atoms. The number of hydrogen-bond donors (Lipinski definition) is 0. The zero-order chi connectivity index (χ0) is 21.3. The average Bonchev–Trinajstić information content (AvgIpc) is 3.14. The molecule has 9 nitrogen and oxygen atoms in total. The number of thioether (sulfide) groups is 1. The van der Waals surface area contributed by atoms with Crippen LogP contribution in [-0.4, -0.2) is 75.2 Å². The fourth-order valence-corrected chi connectivity index (χ4v) is 5.60. The van der Waals surface area contributed by atoms with E-state index >= 15 is 0 Å². The molecule has 0 radical (unpaired) electrons. The Morgan fingerprint density at radius 2 is 1.90 bits per heavy atom. The van der Waals surface area contributed by atoms with Gasteiger partial charge in [0.2, 0.25) is 15.9 Å². The van der Waals surface area contributed by atoms with Gasteiger partial charge in [-0.1, -0.05) is 23.9 Å². The highest BCUT2D eigenvalue weighted by Gasteiger charge is 2.31. The summed E-state index contributed by atoms with van der Waals surface area (Å²) in [5, 5.41) is 5.60. The number of hydrogen-bond acceptors (Lipinski definition) is 7. The fourth-order valence-electron chi connectivity index (χ4n) is 3.25. The number of rotatable bonds is 5. The summed E-state index contributed by atoms with van der Waals surface area (Å²) >= 11 is 1.29. The molecule has 1 aromatic carbocycles. The van der Waals surface area contributed by atoms with Gasteiger partial charge in [0.1, 0.15) is 22.1 Å². The molecule has 12 heteroatoms. The van der Waals surface area contributed by atoms with E-state index < -0.39 is 15.8 Å². The van der Waals surface area contributed by atoms with E-state index in [1.165, 1.54) is 40.6 Å². The van der Waals surface area contributed by atoms with Crippen molar-refractivity contribution in [1.82, 2.24) is 29.0 Å². The number of carbonyl (C=O) groups excluding carboxylic acids is 1. The molecule has 0 unspecified atom stereocenters. The first-order chi connectivity index (χ1) is 14.4. The van der Waals surface area contributed by atoms with Crippen LogP contribution in [0.2, 0.25) is 0 Å². The van der Waals surface area contributed by atoms with Gasteiger partial charge in [-0.05, 0) is 12.1 Å². The number of amides is 1. The summed E-state index contributed by atoms with van der Waals surface area (Å²) in [5.74, 6) is -0.723. The SMILES string of the molecule is Cn1ncc2c(SCC(=O)N3CCN(S(=O)(=O)c4ccccc4F)CC3)ncnc21. The van der Waals surface area contributed by atoms with Crippen LogP contribution in [0, 0.1) is 5.82 Å². The maximum atomic E-state index is 13.9. The Hall–Kier alpha value is -2.57. The van der Waals surface area contributed by atoms with Crippen LogP contribution in [-0.2, 0) is 21.9 Å². The Kier molecular flexibility index (Phi) is 5.71. The standard InChI is InChI=1S/C18H19FN6O3S2/c1-23-17-13(10-22-23)18(21-12-20-17)29-11-16(26)24-6-8-25(9-7-24)30(27,28)15-5-3-2-4-14(15)19/h2-5,10,12H,6-9,11H2,1H3. The second kappa shape index (κ2) is 8.28. The van der Waals surface area contributed by atoms with E-state index in [-0.39, 0.29) is 42.7 Å². The minimum Gasteiger partial charge on any atom is -0.339 e. The zero-order valence-corrected chi connectivity index (χ0v) is 17.7. The van der Waals surface area contributed by atoms with Crippen LogP contribution in [0.15, 0.2) is 46.7 Å². The topological polar surface area (TPSA) is 101 Å². The van der Waals surface area contributed by atoms with Gasteiger partial charge in [-0.2, -0.15) is 9.40 Å². The molecule has 0 spiro atoms. The maximum absolute atomic E-state index is 13.9. The Balaban J connectivity index is 1.37. The van der Waals surface area contributed by atoms with E-state index in [0.29, 0.717) is 10.7 Å².